The molecule has 0 aliphatic heterocycles. The van der Waals surface area contributed by atoms with E-state index in [0.29, 0.717) is 11.4 Å². The largest absolute Gasteiger partial charge is 0.345 e. The molecule has 0 saturated heterocycles. The van der Waals surface area contributed by atoms with Crippen molar-refractivity contribution >= 4 is 0 Å². The maximum absolute atomic E-state index is 4.55. The zero-order chi connectivity index (χ0) is 7.52. The average molecular weight is 149 g/mol. The normalized spacial score (nSPS) is 9.82. The van der Waals surface area contributed by atoms with Crippen LogP contribution in [0.4, 0.5) is 0 Å². The molecular formula is C6H5N4O+. The van der Waals surface area contributed by atoms with E-state index in [1.165, 1.54) is 6.26 Å². The van der Waals surface area contributed by atoms with Gasteiger partial charge < -0.3 is 4.52 Å². The summed E-state index contributed by atoms with van der Waals surface area (Å²) in [7, 11) is 0. The number of hydrogen-bond acceptors (Lipinski definition) is 4. The first-order chi connectivity index (χ1) is 5.47. The molecule has 5 heteroatoms. The van der Waals surface area contributed by atoms with Crippen LogP contribution in [-0.4, -0.2) is 15.4 Å². The van der Waals surface area contributed by atoms with E-state index in [1.807, 2.05) is 0 Å². The molecule has 2 aromatic rings. The van der Waals surface area contributed by atoms with E-state index in [2.05, 4.69) is 24.9 Å². The highest BCUT2D eigenvalue weighted by molar-refractivity contribution is 5.48. The monoisotopic (exact) mass is 149 g/mol. The quantitative estimate of drug-likeness (QED) is 0.570. The highest BCUT2D eigenvalue weighted by Crippen LogP contribution is 2.07. The standard InChI is InChI=1S/C6H4N4O/c1-2-8-5(3-7-1)6-4-11-10-9-6/h1-4H/p+1. The van der Waals surface area contributed by atoms with Crippen molar-refractivity contribution in [1.29, 1.82) is 0 Å². The number of nitrogens with one attached hydrogen (secondary N) is 1. The van der Waals surface area contributed by atoms with Gasteiger partial charge >= 0.3 is 0 Å². The molecule has 2 rings (SSSR count). The summed E-state index contributed by atoms with van der Waals surface area (Å²) in [4.78, 5) is 6.90. The minimum absolute atomic E-state index is 0.627. The second kappa shape index (κ2) is 2.45. The van der Waals surface area contributed by atoms with Crippen molar-refractivity contribution in [3.63, 3.8) is 0 Å². The Labute approximate surface area is 62.1 Å². The van der Waals surface area contributed by atoms with E-state index in [-0.39, 0.29) is 0 Å². The van der Waals surface area contributed by atoms with Gasteiger partial charge in [0.25, 0.3) is 0 Å². The highest BCUT2D eigenvalue weighted by Gasteiger charge is 2.04. The fraction of sp³-hybridized carbons (Fsp3) is 0. The summed E-state index contributed by atoms with van der Waals surface area (Å²) in [5.41, 5.74) is 1.34. The van der Waals surface area contributed by atoms with Gasteiger partial charge in [0, 0.05) is 5.27 Å². The molecule has 2 heterocycles. The molecule has 11 heavy (non-hydrogen) atoms. The van der Waals surface area contributed by atoms with Gasteiger partial charge in [-0.05, 0) is 0 Å². The molecule has 0 unspecified atom stereocenters. The predicted molar refractivity (Wildman–Crippen MR) is 34.1 cm³/mol. The van der Waals surface area contributed by atoms with Gasteiger partial charge in [-0.15, -0.1) is 5.10 Å². The van der Waals surface area contributed by atoms with Crippen LogP contribution in [0.1, 0.15) is 0 Å². The van der Waals surface area contributed by atoms with Crippen molar-refractivity contribution in [1.82, 2.24) is 15.4 Å². The van der Waals surface area contributed by atoms with Gasteiger partial charge in [-0.1, -0.05) is 0 Å². The zero-order valence-corrected chi connectivity index (χ0v) is 5.56. The van der Waals surface area contributed by atoms with E-state index in [0.717, 1.165) is 0 Å². The van der Waals surface area contributed by atoms with Crippen molar-refractivity contribution in [2.24, 2.45) is 0 Å². The maximum Gasteiger partial charge on any atom is 0.195 e. The van der Waals surface area contributed by atoms with Crippen LogP contribution in [0.25, 0.3) is 11.4 Å². The van der Waals surface area contributed by atoms with Crippen LogP contribution >= 0.6 is 0 Å². The van der Waals surface area contributed by atoms with Gasteiger partial charge in [0.2, 0.25) is 0 Å². The van der Waals surface area contributed by atoms with Crippen LogP contribution in [-0.2, 0) is 0 Å². The number of aromatic amines is 1. The van der Waals surface area contributed by atoms with Crippen molar-refractivity contribution in [2.45, 2.75) is 0 Å². The lowest BCUT2D eigenvalue weighted by atomic mass is 10.4. The van der Waals surface area contributed by atoms with E-state index in [4.69, 9.17) is 0 Å². The van der Waals surface area contributed by atoms with Gasteiger partial charge in [0.05, 0.1) is 6.20 Å². The predicted octanol–water partition coefficient (Wildman–Crippen LogP) is -0.0543. The SMILES string of the molecule is c1c[nH+]cc(-c2conn2)n1. The van der Waals surface area contributed by atoms with E-state index < -0.39 is 0 Å². The number of nitrogens with zero attached hydrogens (tertiary/aromatic N) is 3. The minimum atomic E-state index is 0.627. The molecule has 0 bridgehead atoms. The Balaban J connectivity index is 2.46. The van der Waals surface area contributed by atoms with E-state index >= 15 is 0 Å². The summed E-state index contributed by atoms with van der Waals surface area (Å²) in [5, 5.41) is 7.01. The van der Waals surface area contributed by atoms with Gasteiger partial charge in [-0.2, -0.15) is 0 Å². The average Bonchev–Trinajstić information content (AvgIpc) is 2.58. The molecule has 0 fully saturated rings. The Morgan fingerprint density at radius 1 is 1.36 bits per heavy atom. The van der Waals surface area contributed by atoms with Gasteiger partial charge in [-0.25, -0.2) is 9.97 Å². The molecule has 0 atom stereocenters. The Kier molecular flexibility index (Phi) is 1.33. The molecule has 0 amide bonds. The van der Waals surface area contributed by atoms with Crippen LogP contribution in [0, 0.1) is 0 Å². The summed E-state index contributed by atoms with van der Waals surface area (Å²) < 4.78 is 4.55. The van der Waals surface area contributed by atoms with Crippen LogP contribution in [0.2, 0.25) is 0 Å². The van der Waals surface area contributed by atoms with Crippen molar-refractivity contribution < 1.29 is 9.51 Å². The lowest BCUT2D eigenvalue weighted by Crippen LogP contribution is -2.00. The second-order valence-corrected chi connectivity index (χ2v) is 1.93. The van der Waals surface area contributed by atoms with Gasteiger partial charge in [0.15, 0.2) is 30.0 Å². The topological polar surface area (TPSA) is 66.0 Å². The molecule has 54 valence electrons. The smallest absolute Gasteiger partial charge is 0.195 e. The number of rotatable bonds is 1. The van der Waals surface area contributed by atoms with Crippen LogP contribution < -0.4 is 4.98 Å². The van der Waals surface area contributed by atoms with Gasteiger partial charge in [0.1, 0.15) is 0 Å². The summed E-state index contributed by atoms with van der Waals surface area (Å²) >= 11 is 0. The number of aromatic nitrogens is 4. The summed E-state index contributed by atoms with van der Waals surface area (Å²) in [6, 6.07) is 0. The fourth-order valence-electron chi connectivity index (χ4n) is 0.741. The second-order valence-electron chi connectivity index (χ2n) is 1.93. The zero-order valence-electron chi connectivity index (χ0n) is 5.56. The minimum Gasteiger partial charge on any atom is -0.345 e. The lowest BCUT2D eigenvalue weighted by Gasteiger charge is -1.83. The van der Waals surface area contributed by atoms with Crippen LogP contribution in [0.15, 0.2) is 29.4 Å². The number of hydrogen-bond donors (Lipinski definition) is 0. The van der Waals surface area contributed by atoms with Gasteiger partial charge in [-0.3, -0.25) is 0 Å². The molecule has 0 radical (unpaired) electrons. The maximum atomic E-state index is 4.55. The molecule has 0 spiro atoms. The first kappa shape index (κ1) is 5.96. The Hall–Kier alpha value is -1.78. The summed E-state index contributed by atoms with van der Waals surface area (Å²) in [6.07, 6.45) is 6.52. The van der Waals surface area contributed by atoms with Crippen molar-refractivity contribution in [3.05, 3.63) is 24.9 Å². The number of H-pyrrole nitrogens is 1. The summed E-state index contributed by atoms with van der Waals surface area (Å²) in [6.45, 7) is 0. The highest BCUT2D eigenvalue weighted by atomic mass is 16.5. The summed E-state index contributed by atoms with van der Waals surface area (Å²) in [5.74, 6) is 0. The Bertz CT molecular complexity index is 318. The third-order valence-corrected chi connectivity index (χ3v) is 1.23. The lowest BCUT2D eigenvalue weighted by molar-refractivity contribution is -0.378. The molecule has 0 aromatic carbocycles. The molecule has 5 nitrogen and oxygen atoms in total. The molecule has 0 aliphatic carbocycles. The molecule has 2 aromatic heterocycles. The Morgan fingerprint density at radius 2 is 2.36 bits per heavy atom. The third-order valence-electron chi connectivity index (χ3n) is 1.23. The van der Waals surface area contributed by atoms with E-state index in [1.54, 1.807) is 18.6 Å². The van der Waals surface area contributed by atoms with E-state index in [9.17, 15) is 0 Å². The first-order valence-corrected chi connectivity index (χ1v) is 3.06. The third kappa shape index (κ3) is 1.07. The Morgan fingerprint density at radius 3 is 3.00 bits per heavy atom. The first-order valence-electron chi connectivity index (χ1n) is 3.06. The molecule has 1 N–H and O–H groups in total. The fourth-order valence-corrected chi connectivity index (χ4v) is 0.741. The van der Waals surface area contributed by atoms with Crippen LogP contribution in [0.3, 0.4) is 0 Å². The van der Waals surface area contributed by atoms with Crippen LogP contribution in [0.5, 0.6) is 0 Å². The van der Waals surface area contributed by atoms with Crippen molar-refractivity contribution in [3.8, 4) is 11.4 Å². The van der Waals surface area contributed by atoms with Crippen molar-refractivity contribution in [2.75, 3.05) is 0 Å². The molecule has 0 saturated carbocycles. The molecule has 0 aliphatic rings. The molecular weight excluding hydrogens is 144 g/mol.